The summed E-state index contributed by atoms with van der Waals surface area (Å²) in [6, 6.07) is 0. The van der Waals surface area contributed by atoms with Gasteiger partial charge in [-0.25, -0.2) is 0 Å². The van der Waals surface area contributed by atoms with Crippen molar-refractivity contribution in [3.05, 3.63) is 0 Å². The van der Waals surface area contributed by atoms with Crippen LogP contribution in [0.4, 0.5) is 0 Å². The summed E-state index contributed by atoms with van der Waals surface area (Å²) in [4.78, 5) is 10.6. The van der Waals surface area contributed by atoms with Gasteiger partial charge in [-0.15, -0.1) is 0 Å². The molecule has 0 unspecified atom stereocenters. The Bertz CT molecular complexity index is 303. The van der Waals surface area contributed by atoms with Crippen molar-refractivity contribution in [2.75, 3.05) is 13.7 Å². The number of esters is 1. The average molecular weight is 326 g/mol. The number of unbranched alkanes of at least 4 members (excludes halogenated alkanes) is 7. The summed E-state index contributed by atoms with van der Waals surface area (Å²) >= 11 is 0. The molecule has 0 fully saturated rings. The monoisotopic (exact) mass is 326 g/mol. The standard InChI is InChI=1S/C19H39BO3/c1-17(2)19(4,5)20(22-6)15-13-11-9-7-8-10-12-14-16-23-18(3)21/h17H,7-16H2,1-6H3. The lowest BCUT2D eigenvalue weighted by atomic mass is 9.41. The Balaban J connectivity index is 3.53. The van der Waals surface area contributed by atoms with Crippen LogP contribution in [-0.4, -0.2) is 26.6 Å². The maximum atomic E-state index is 10.6. The van der Waals surface area contributed by atoms with Crippen LogP contribution < -0.4 is 0 Å². The first kappa shape index (κ1) is 22.5. The summed E-state index contributed by atoms with van der Waals surface area (Å²) in [5.41, 5.74) is 0. The van der Waals surface area contributed by atoms with Gasteiger partial charge in [-0.3, -0.25) is 4.79 Å². The number of carbonyl (C=O) groups excluding carboxylic acids is 1. The highest BCUT2D eigenvalue weighted by Gasteiger charge is 2.36. The van der Waals surface area contributed by atoms with E-state index in [1.807, 2.05) is 7.11 Å². The number of ether oxygens (including phenoxy) is 1. The van der Waals surface area contributed by atoms with Crippen LogP contribution in [-0.2, 0) is 14.2 Å². The van der Waals surface area contributed by atoms with E-state index < -0.39 is 0 Å². The molecular formula is C19H39BO3. The van der Waals surface area contributed by atoms with Gasteiger partial charge >= 0.3 is 5.97 Å². The highest BCUT2D eigenvalue weighted by molar-refractivity contribution is 6.55. The quantitative estimate of drug-likeness (QED) is 0.232. The van der Waals surface area contributed by atoms with Crippen LogP contribution >= 0.6 is 0 Å². The topological polar surface area (TPSA) is 35.5 Å². The van der Waals surface area contributed by atoms with Crippen molar-refractivity contribution in [2.45, 2.75) is 97.6 Å². The Kier molecular flexibility index (Phi) is 12.6. The molecule has 136 valence electrons. The molecular weight excluding hydrogens is 287 g/mol. The van der Waals surface area contributed by atoms with Gasteiger partial charge in [-0.1, -0.05) is 72.6 Å². The fourth-order valence-corrected chi connectivity index (χ4v) is 2.87. The Labute approximate surface area is 145 Å². The zero-order valence-corrected chi connectivity index (χ0v) is 16.5. The van der Waals surface area contributed by atoms with Gasteiger partial charge in [0.05, 0.1) is 6.61 Å². The van der Waals surface area contributed by atoms with Gasteiger partial charge in [0.25, 0.3) is 6.92 Å². The SMILES string of the molecule is COB(CCCCCCCCCCOC(C)=O)C(C)(C)C(C)C. The second kappa shape index (κ2) is 12.9. The van der Waals surface area contributed by atoms with Crippen LogP contribution in [0.1, 0.15) is 86.0 Å². The van der Waals surface area contributed by atoms with Crippen molar-refractivity contribution in [2.24, 2.45) is 5.92 Å². The zero-order valence-electron chi connectivity index (χ0n) is 16.5. The summed E-state index contributed by atoms with van der Waals surface area (Å²) in [5, 5.41) is 0.247. The summed E-state index contributed by atoms with van der Waals surface area (Å²) in [5.74, 6) is 0.472. The molecule has 0 bridgehead atoms. The molecule has 23 heavy (non-hydrogen) atoms. The van der Waals surface area contributed by atoms with Crippen LogP contribution in [0, 0.1) is 5.92 Å². The van der Waals surface area contributed by atoms with Gasteiger partial charge in [-0.05, 0) is 24.0 Å². The number of hydrogen-bond donors (Lipinski definition) is 0. The first-order chi connectivity index (χ1) is 10.8. The summed E-state index contributed by atoms with van der Waals surface area (Å²) < 4.78 is 10.7. The summed E-state index contributed by atoms with van der Waals surface area (Å²) in [7, 11) is 1.85. The van der Waals surface area contributed by atoms with E-state index in [1.54, 1.807) is 0 Å². The second-order valence-electron chi connectivity index (χ2n) is 7.66. The van der Waals surface area contributed by atoms with Crippen molar-refractivity contribution in [1.29, 1.82) is 0 Å². The van der Waals surface area contributed by atoms with Crippen molar-refractivity contribution in [3.63, 3.8) is 0 Å². The third-order valence-electron chi connectivity index (χ3n) is 5.27. The average Bonchev–Trinajstić information content (AvgIpc) is 2.47. The van der Waals surface area contributed by atoms with Crippen LogP contribution in [0.15, 0.2) is 0 Å². The van der Waals surface area contributed by atoms with E-state index in [2.05, 4.69) is 27.7 Å². The number of carbonyl (C=O) groups is 1. The molecule has 0 amide bonds. The third kappa shape index (κ3) is 10.8. The summed E-state index contributed by atoms with van der Waals surface area (Å²) in [6.07, 6.45) is 11.1. The molecule has 0 heterocycles. The van der Waals surface area contributed by atoms with Crippen molar-refractivity contribution in [3.8, 4) is 0 Å². The van der Waals surface area contributed by atoms with Crippen LogP contribution in [0.25, 0.3) is 0 Å². The Morgan fingerprint density at radius 1 is 0.957 bits per heavy atom. The van der Waals surface area contributed by atoms with Gasteiger partial charge < -0.3 is 9.39 Å². The minimum atomic E-state index is -0.167. The van der Waals surface area contributed by atoms with Gasteiger partial charge in [0.15, 0.2) is 0 Å². The highest BCUT2D eigenvalue weighted by atomic mass is 16.5. The second-order valence-corrected chi connectivity index (χ2v) is 7.66. The molecule has 0 aromatic heterocycles. The molecule has 0 aliphatic rings. The van der Waals surface area contributed by atoms with E-state index in [9.17, 15) is 4.79 Å². The molecule has 0 saturated carbocycles. The zero-order chi connectivity index (χ0) is 17.7. The Hall–Kier alpha value is -0.505. The smallest absolute Gasteiger partial charge is 0.302 e. The third-order valence-corrected chi connectivity index (χ3v) is 5.27. The number of hydrogen-bond acceptors (Lipinski definition) is 3. The van der Waals surface area contributed by atoms with Crippen molar-refractivity contribution in [1.82, 2.24) is 0 Å². The molecule has 4 heteroatoms. The molecule has 0 saturated heterocycles. The summed E-state index contributed by atoms with van der Waals surface area (Å²) in [6.45, 7) is 11.6. The normalized spacial score (nSPS) is 11.8. The lowest BCUT2D eigenvalue weighted by molar-refractivity contribution is -0.141. The Morgan fingerprint density at radius 3 is 1.87 bits per heavy atom. The van der Waals surface area contributed by atoms with Crippen molar-refractivity contribution < 1.29 is 14.2 Å². The molecule has 0 aromatic rings. The fourth-order valence-electron chi connectivity index (χ4n) is 2.87. The molecule has 0 rings (SSSR count). The molecule has 0 aliphatic carbocycles. The van der Waals surface area contributed by atoms with Crippen LogP contribution in [0.3, 0.4) is 0 Å². The Morgan fingerprint density at radius 2 is 1.43 bits per heavy atom. The first-order valence-electron chi connectivity index (χ1n) is 9.48. The highest BCUT2D eigenvalue weighted by Crippen LogP contribution is 2.39. The van der Waals surface area contributed by atoms with E-state index in [-0.39, 0.29) is 11.3 Å². The lowest BCUT2D eigenvalue weighted by Crippen LogP contribution is -2.34. The maximum absolute atomic E-state index is 10.6. The van der Waals surface area contributed by atoms with Crippen LogP contribution in [0.2, 0.25) is 11.6 Å². The molecule has 0 radical (unpaired) electrons. The molecule has 0 aliphatic heterocycles. The van der Waals surface area contributed by atoms with Crippen LogP contribution in [0.5, 0.6) is 0 Å². The molecule has 3 nitrogen and oxygen atoms in total. The minimum absolute atomic E-state index is 0.167. The predicted molar refractivity (Wildman–Crippen MR) is 100 cm³/mol. The van der Waals surface area contributed by atoms with Gasteiger partial charge in [0.2, 0.25) is 0 Å². The maximum Gasteiger partial charge on any atom is 0.302 e. The van der Waals surface area contributed by atoms with Gasteiger partial charge in [0.1, 0.15) is 0 Å². The minimum Gasteiger partial charge on any atom is -0.466 e. The molecule has 0 atom stereocenters. The van der Waals surface area contributed by atoms with E-state index in [1.165, 1.54) is 58.2 Å². The lowest BCUT2D eigenvalue weighted by Gasteiger charge is -2.34. The van der Waals surface area contributed by atoms with E-state index in [0.717, 1.165) is 6.42 Å². The molecule has 0 aromatic carbocycles. The first-order valence-corrected chi connectivity index (χ1v) is 9.48. The van der Waals surface area contributed by atoms with E-state index >= 15 is 0 Å². The van der Waals surface area contributed by atoms with E-state index in [4.69, 9.17) is 9.39 Å². The molecule has 0 spiro atoms. The van der Waals surface area contributed by atoms with Gasteiger partial charge in [0, 0.05) is 14.0 Å². The van der Waals surface area contributed by atoms with E-state index in [0.29, 0.717) is 19.4 Å². The largest absolute Gasteiger partial charge is 0.466 e. The fraction of sp³-hybridized carbons (Fsp3) is 0.947. The molecule has 0 N–H and O–H groups in total. The van der Waals surface area contributed by atoms with Gasteiger partial charge in [-0.2, -0.15) is 0 Å². The number of rotatable bonds is 14. The predicted octanol–water partition coefficient (Wildman–Crippen LogP) is 5.74. The van der Waals surface area contributed by atoms with Crippen molar-refractivity contribution >= 4 is 12.9 Å².